The van der Waals surface area contributed by atoms with Crippen LogP contribution in [0.1, 0.15) is 16.1 Å². The predicted molar refractivity (Wildman–Crippen MR) is 71.1 cm³/mol. The number of hydrogen-bond acceptors (Lipinski definition) is 4. The van der Waals surface area contributed by atoms with Gasteiger partial charge in [0.2, 0.25) is 0 Å². The molecule has 0 fully saturated rings. The van der Waals surface area contributed by atoms with Crippen molar-refractivity contribution in [2.24, 2.45) is 10.9 Å². The quantitative estimate of drug-likeness (QED) is 0.334. The highest BCUT2D eigenvalue weighted by Gasteiger charge is 2.07. The van der Waals surface area contributed by atoms with Crippen LogP contribution in [0.5, 0.6) is 0 Å². The lowest BCUT2D eigenvalue weighted by Crippen LogP contribution is -2.16. The summed E-state index contributed by atoms with van der Waals surface area (Å²) in [7, 11) is 0. The third kappa shape index (κ3) is 3.06. The van der Waals surface area contributed by atoms with Gasteiger partial charge in [0.1, 0.15) is 5.69 Å². The summed E-state index contributed by atoms with van der Waals surface area (Å²) in [6.45, 7) is 0. The summed E-state index contributed by atoms with van der Waals surface area (Å²) in [5, 5.41) is 14.2. The Morgan fingerprint density at radius 2 is 2.11 bits per heavy atom. The van der Waals surface area contributed by atoms with Crippen molar-refractivity contribution in [3.8, 4) is 0 Å². The molecule has 0 aliphatic rings. The normalized spacial score (nSPS) is 11.1. The van der Waals surface area contributed by atoms with E-state index in [1.165, 1.54) is 0 Å². The third-order valence-electron chi connectivity index (χ3n) is 2.42. The highest BCUT2D eigenvalue weighted by molar-refractivity contribution is 6.04. The van der Waals surface area contributed by atoms with E-state index in [4.69, 9.17) is 10.9 Å². The number of hydrogen-bond donors (Lipinski definition) is 3. The van der Waals surface area contributed by atoms with Crippen LogP contribution in [-0.4, -0.2) is 21.9 Å². The Labute approximate surface area is 109 Å². The summed E-state index contributed by atoms with van der Waals surface area (Å²) in [5.74, 6) is -0.341. The summed E-state index contributed by atoms with van der Waals surface area (Å²) >= 11 is 0. The molecule has 6 heteroatoms. The van der Waals surface area contributed by atoms with Gasteiger partial charge in [-0.05, 0) is 24.3 Å². The molecule has 6 nitrogen and oxygen atoms in total. The Hall–Kier alpha value is -2.89. The highest BCUT2D eigenvalue weighted by atomic mass is 16.4. The second-order valence-corrected chi connectivity index (χ2v) is 3.74. The molecule has 0 bridgehead atoms. The third-order valence-corrected chi connectivity index (χ3v) is 2.42. The van der Waals surface area contributed by atoms with Crippen LogP contribution in [0.2, 0.25) is 0 Å². The summed E-state index contributed by atoms with van der Waals surface area (Å²) in [6.07, 6.45) is 1.54. The molecule has 1 heterocycles. The average Bonchev–Trinajstić information content (AvgIpc) is 2.47. The first-order chi connectivity index (χ1) is 9.20. The number of nitrogens with two attached hydrogens (primary N) is 1. The number of oxime groups is 1. The maximum atomic E-state index is 11.9. The molecule has 1 aromatic heterocycles. The molecule has 0 spiro atoms. The molecule has 1 aromatic carbocycles. The lowest BCUT2D eigenvalue weighted by Gasteiger charge is -2.06. The van der Waals surface area contributed by atoms with E-state index in [1.807, 2.05) is 0 Å². The van der Waals surface area contributed by atoms with Crippen LogP contribution >= 0.6 is 0 Å². The van der Waals surface area contributed by atoms with Gasteiger partial charge in [0.15, 0.2) is 5.84 Å². The Morgan fingerprint density at radius 3 is 2.79 bits per heavy atom. The van der Waals surface area contributed by atoms with Gasteiger partial charge in [-0.25, -0.2) is 0 Å². The number of pyridine rings is 1. The van der Waals surface area contributed by atoms with Crippen molar-refractivity contribution in [3.05, 3.63) is 59.9 Å². The molecule has 2 aromatic rings. The SMILES string of the molecule is N/C(=N/O)c1cccc(NC(=O)c2ccccn2)c1. The summed E-state index contributed by atoms with van der Waals surface area (Å²) in [5.41, 5.74) is 6.85. The molecule has 19 heavy (non-hydrogen) atoms. The zero-order valence-corrected chi connectivity index (χ0v) is 9.95. The summed E-state index contributed by atoms with van der Waals surface area (Å²) < 4.78 is 0. The molecule has 0 radical (unpaired) electrons. The molecule has 1 amide bonds. The van der Waals surface area contributed by atoms with Crippen LogP contribution in [0.4, 0.5) is 5.69 Å². The maximum absolute atomic E-state index is 11.9. The van der Waals surface area contributed by atoms with Crippen LogP contribution in [0.15, 0.2) is 53.8 Å². The van der Waals surface area contributed by atoms with E-state index >= 15 is 0 Å². The molecule has 0 atom stereocenters. The number of benzene rings is 1. The van der Waals surface area contributed by atoms with Crippen molar-refractivity contribution < 1.29 is 10.0 Å². The Bertz CT molecular complexity index is 611. The zero-order chi connectivity index (χ0) is 13.7. The van der Waals surface area contributed by atoms with Crippen molar-refractivity contribution in [2.45, 2.75) is 0 Å². The molecule has 0 aliphatic carbocycles. The number of nitrogens with zero attached hydrogens (tertiary/aromatic N) is 2. The highest BCUT2D eigenvalue weighted by Crippen LogP contribution is 2.11. The molecule has 96 valence electrons. The van der Waals surface area contributed by atoms with Gasteiger partial charge in [-0.2, -0.15) is 0 Å². The van der Waals surface area contributed by atoms with Crippen LogP contribution < -0.4 is 11.1 Å². The van der Waals surface area contributed by atoms with Crippen molar-refractivity contribution >= 4 is 17.4 Å². The second kappa shape index (κ2) is 5.63. The number of anilines is 1. The van der Waals surface area contributed by atoms with Gasteiger partial charge in [0.05, 0.1) is 0 Å². The van der Waals surface area contributed by atoms with Gasteiger partial charge in [0.25, 0.3) is 5.91 Å². The fraction of sp³-hybridized carbons (Fsp3) is 0. The van der Waals surface area contributed by atoms with Gasteiger partial charge in [-0.3, -0.25) is 9.78 Å². The van der Waals surface area contributed by atoms with Crippen LogP contribution in [0, 0.1) is 0 Å². The lowest BCUT2D eigenvalue weighted by atomic mass is 10.2. The maximum Gasteiger partial charge on any atom is 0.274 e. The molecule has 0 saturated carbocycles. The van der Waals surface area contributed by atoms with Crippen LogP contribution in [0.3, 0.4) is 0 Å². The molecular weight excluding hydrogens is 244 g/mol. The Kier molecular flexibility index (Phi) is 3.72. The Morgan fingerprint density at radius 1 is 1.26 bits per heavy atom. The van der Waals surface area contributed by atoms with E-state index in [2.05, 4.69) is 15.5 Å². The van der Waals surface area contributed by atoms with E-state index in [-0.39, 0.29) is 11.7 Å². The number of amides is 1. The van der Waals surface area contributed by atoms with Crippen molar-refractivity contribution in [1.29, 1.82) is 0 Å². The Balaban J connectivity index is 2.18. The van der Waals surface area contributed by atoms with Crippen LogP contribution in [-0.2, 0) is 0 Å². The molecule has 0 aliphatic heterocycles. The number of rotatable bonds is 3. The van der Waals surface area contributed by atoms with E-state index in [9.17, 15) is 4.79 Å². The van der Waals surface area contributed by atoms with Gasteiger partial charge >= 0.3 is 0 Å². The predicted octanol–water partition coefficient (Wildman–Crippen LogP) is 1.43. The molecule has 2 rings (SSSR count). The number of aromatic nitrogens is 1. The van der Waals surface area contributed by atoms with Gasteiger partial charge < -0.3 is 16.3 Å². The van der Waals surface area contributed by atoms with E-state index in [0.29, 0.717) is 16.9 Å². The molecule has 0 saturated heterocycles. The first-order valence-corrected chi connectivity index (χ1v) is 5.51. The molecular formula is C13H12N4O2. The monoisotopic (exact) mass is 256 g/mol. The zero-order valence-electron chi connectivity index (χ0n) is 9.95. The minimum absolute atomic E-state index is 0.0195. The number of nitrogens with one attached hydrogen (secondary N) is 1. The number of amidine groups is 1. The average molecular weight is 256 g/mol. The van der Waals surface area contributed by atoms with Gasteiger partial charge in [-0.15, -0.1) is 0 Å². The van der Waals surface area contributed by atoms with E-state index in [0.717, 1.165) is 0 Å². The lowest BCUT2D eigenvalue weighted by molar-refractivity contribution is 0.102. The smallest absolute Gasteiger partial charge is 0.274 e. The van der Waals surface area contributed by atoms with E-state index in [1.54, 1.807) is 48.7 Å². The molecule has 4 N–H and O–H groups in total. The first-order valence-electron chi connectivity index (χ1n) is 5.51. The van der Waals surface area contributed by atoms with Gasteiger partial charge in [-0.1, -0.05) is 23.4 Å². The molecule has 0 unspecified atom stereocenters. The first kappa shape index (κ1) is 12.6. The number of carbonyl (C=O) groups excluding carboxylic acids is 1. The summed E-state index contributed by atoms with van der Waals surface area (Å²) in [6, 6.07) is 11.8. The minimum Gasteiger partial charge on any atom is -0.409 e. The van der Waals surface area contributed by atoms with Crippen LogP contribution in [0.25, 0.3) is 0 Å². The fourth-order valence-corrected chi connectivity index (χ4v) is 1.51. The van der Waals surface area contributed by atoms with E-state index < -0.39 is 0 Å². The second-order valence-electron chi connectivity index (χ2n) is 3.74. The largest absolute Gasteiger partial charge is 0.409 e. The van der Waals surface area contributed by atoms with Crippen molar-refractivity contribution in [1.82, 2.24) is 4.98 Å². The number of carbonyl (C=O) groups is 1. The van der Waals surface area contributed by atoms with Crippen molar-refractivity contribution in [2.75, 3.05) is 5.32 Å². The summed E-state index contributed by atoms with van der Waals surface area (Å²) in [4.78, 5) is 15.8. The fourth-order valence-electron chi connectivity index (χ4n) is 1.51. The standard InChI is InChI=1S/C13H12N4O2/c14-12(17-19)9-4-3-5-10(8-9)16-13(18)11-6-1-2-7-15-11/h1-8,19H,(H2,14,17)(H,16,18). The topological polar surface area (TPSA) is 101 Å². The van der Waals surface area contributed by atoms with Gasteiger partial charge in [0, 0.05) is 17.4 Å². The minimum atomic E-state index is -0.322. The van der Waals surface area contributed by atoms with Crippen molar-refractivity contribution in [3.63, 3.8) is 0 Å².